The average Bonchev–Trinajstić information content (AvgIpc) is 3.19. The fourth-order valence-electron chi connectivity index (χ4n) is 3.03. The molecule has 0 aliphatic carbocycles. The van der Waals surface area contributed by atoms with Crippen LogP contribution in [-0.4, -0.2) is 12.1 Å². The Bertz CT molecular complexity index is 1280. The van der Waals surface area contributed by atoms with E-state index in [1.165, 1.54) is 0 Å². The zero-order valence-electron chi connectivity index (χ0n) is 16.9. The molecule has 0 amide bonds. The van der Waals surface area contributed by atoms with Gasteiger partial charge in [-0.05, 0) is 71.7 Å². The molecule has 4 rings (SSSR count). The van der Waals surface area contributed by atoms with Crippen molar-refractivity contribution in [1.29, 1.82) is 0 Å². The van der Waals surface area contributed by atoms with E-state index >= 15 is 0 Å². The molecule has 0 atom stereocenters. The summed E-state index contributed by atoms with van der Waals surface area (Å²) in [7, 11) is 0. The van der Waals surface area contributed by atoms with E-state index in [-0.39, 0.29) is 35.6 Å². The first kappa shape index (κ1) is 20.9. The number of furan rings is 1. The Morgan fingerprint density at radius 1 is 1.00 bits per heavy atom. The van der Waals surface area contributed by atoms with Crippen molar-refractivity contribution in [2.75, 3.05) is 0 Å². The van der Waals surface area contributed by atoms with Crippen LogP contribution in [0.5, 0.6) is 5.75 Å². The molecule has 7 heteroatoms. The molecular weight excluding hydrogens is 464 g/mol. The van der Waals surface area contributed by atoms with Gasteiger partial charge in [0.1, 0.15) is 12.2 Å². The largest absolute Gasteiger partial charge is 0.481 e. The number of rotatable bonds is 6. The van der Waals surface area contributed by atoms with E-state index in [9.17, 15) is 9.59 Å². The number of para-hydroxylation sites is 1. The molecule has 0 spiro atoms. The molecule has 0 N–H and O–H groups in total. The van der Waals surface area contributed by atoms with Gasteiger partial charge in [0.15, 0.2) is 10.4 Å². The van der Waals surface area contributed by atoms with Crippen LogP contribution < -0.4 is 10.2 Å². The predicted octanol–water partition coefficient (Wildman–Crippen LogP) is 5.96. The number of carbonyl (C=O) groups excluding carboxylic acids is 1. The average molecular weight is 483 g/mol. The van der Waals surface area contributed by atoms with Gasteiger partial charge in [-0.3, -0.25) is 4.79 Å². The first-order valence-corrected chi connectivity index (χ1v) is 10.5. The predicted molar refractivity (Wildman–Crippen MR) is 119 cm³/mol. The fourth-order valence-corrected chi connectivity index (χ4v) is 3.34. The maximum atomic E-state index is 13.1. The van der Waals surface area contributed by atoms with Crippen molar-refractivity contribution in [2.24, 2.45) is 0 Å². The Balaban J connectivity index is 1.64. The Morgan fingerprint density at radius 3 is 2.42 bits per heavy atom. The zero-order valence-corrected chi connectivity index (χ0v) is 18.5. The number of hydrogen-bond acceptors (Lipinski definition) is 6. The highest BCUT2D eigenvalue weighted by Crippen LogP contribution is 2.33. The second-order valence-electron chi connectivity index (χ2n) is 7.13. The maximum absolute atomic E-state index is 13.1. The molecule has 0 aliphatic heterocycles. The summed E-state index contributed by atoms with van der Waals surface area (Å²) in [5.74, 6) is 0.259. The third-order valence-corrected chi connectivity index (χ3v) is 4.89. The number of hydrogen-bond donors (Lipinski definition) is 0. The molecule has 4 aromatic rings. The van der Waals surface area contributed by atoms with Crippen molar-refractivity contribution >= 4 is 32.9 Å². The van der Waals surface area contributed by atoms with Gasteiger partial charge < -0.3 is 18.3 Å². The molecule has 2 aromatic heterocycles. The van der Waals surface area contributed by atoms with Gasteiger partial charge in [0.25, 0.3) is 0 Å². The monoisotopic (exact) mass is 482 g/mol. The summed E-state index contributed by atoms with van der Waals surface area (Å²) in [5, 5.41) is 0.415. The van der Waals surface area contributed by atoms with Gasteiger partial charge in [0.05, 0.1) is 17.1 Å². The summed E-state index contributed by atoms with van der Waals surface area (Å²) < 4.78 is 23.1. The van der Waals surface area contributed by atoms with Crippen molar-refractivity contribution in [1.82, 2.24) is 0 Å². The summed E-state index contributed by atoms with van der Waals surface area (Å²) in [4.78, 5) is 25.1. The highest BCUT2D eigenvalue weighted by atomic mass is 79.9. The van der Waals surface area contributed by atoms with Crippen LogP contribution in [0.4, 0.5) is 0 Å². The molecule has 0 unspecified atom stereocenters. The molecule has 0 fully saturated rings. The van der Waals surface area contributed by atoms with Crippen LogP contribution in [0.1, 0.15) is 29.8 Å². The molecule has 31 heavy (non-hydrogen) atoms. The Morgan fingerprint density at radius 2 is 1.74 bits per heavy atom. The lowest BCUT2D eigenvalue weighted by Gasteiger charge is -2.11. The number of benzene rings is 2. The molecule has 158 valence electrons. The van der Waals surface area contributed by atoms with Gasteiger partial charge >= 0.3 is 5.97 Å². The van der Waals surface area contributed by atoms with E-state index in [2.05, 4.69) is 15.9 Å². The summed E-state index contributed by atoms with van der Waals surface area (Å²) in [6.45, 7) is 3.70. The maximum Gasteiger partial charge on any atom is 0.338 e. The van der Waals surface area contributed by atoms with Crippen molar-refractivity contribution in [2.45, 2.75) is 26.6 Å². The molecular formula is C24H19BrO6. The van der Waals surface area contributed by atoms with Crippen molar-refractivity contribution in [3.63, 3.8) is 0 Å². The van der Waals surface area contributed by atoms with Crippen molar-refractivity contribution in [3.05, 3.63) is 86.7 Å². The molecule has 0 saturated carbocycles. The first-order valence-electron chi connectivity index (χ1n) is 9.66. The van der Waals surface area contributed by atoms with Crippen LogP contribution in [0.3, 0.4) is 0 Å². The first-order chi connectivity index (χ1) is 14.9. The minimum Gasteiger partial charge on any atom is -0.481 e. The summed E-state index contributed by atoms with van der Waals surface area (Å²) in [6, 6.07) is 17.2. The van der Waals surface area contributed by atoms with Crippen molar-refractivity contribution in [3.8, 4) is 17.3 Å². The molecule has 6 nitrogen and oxygen atoms in total. The highest BCUT2D eigenvalue weighted by Gasteiger charge is 2.20. The molecule has 0 bridgehead atoms. The summed E-state index contributed by atoms with van der Waals surface area (Å²) in [5.41, 5.74) is 1.38. The summed E-state index contributed by atoms with van der Waals surface area (Å²) in [6.07, 6.45) is -0.192. The van der Waals surface area contributed by atoms with Crippen LogP contribution in [-0.2, 0) is 11.3 Å². The molecule has 0 radical (unpaired) electrons. The Kier molecular flexibility index (Phi) is 5.95. The lowest BCUT2D eigenvalue weighted by Crippen LogP contribution is -2.12. The van der Waals surface area contributed by atoms with Crippen LogP contribution >= 0.6 is 15.9 Å². The third kappa shape index (κ3) is 4.56. The van der Waals surface area contributed by atoms with Gasteiger partial charge in [-0.15, -0.1) is 0 Å². The van der Waals surface area contributed by atoms with Crippen LogP contribution in [0.2, 0.25) is 0 Å². The molecule has 0 aliphatic rings. The van der Waals surface area contributed by atoms with E-state index in [1.807, 2.05) is 0 Å². The number of ether oxygens (including phenoxy) is 2. The van der Waals surface area contributed by atoms with Crippen LogP contribution in [0.25, 0.3) is 22.5 Å². The minimum absolute atomic E-state index is 0.0591. The second kappa shape index (κ2) is 8.81. The topological polar surface area (TPSA) is 78.9 Å². The van der Waals surface area contributed by atoms with Gasteiger partial charge in [0.2, 0.25) is 16.9 Å². The number of carbonyl (C=O) groups is 1. The van der Waals surface area contributed by atoms with E-state index < -0.39 is 0 Å². The van der Waals surface area contributed by atoms with Gasteiger partial charge in [-0.2, -0.15) is 0 Å². The Labute approximate surface area is 186 Å². The van der Waals surface area contributed by atoms with Gasteiger partial charge in [0, 0.05) is 0 Å². The minimum atomic E-state index is -0.386. The lowest BCUT2D eigenvalue weighted by molar-refractivity contribution is 0.0378. The van der Waals surface area contributed by atoms with E-state index in [0.29, 0.717) is 27.0 Å². The normalized spacial score (nSPS) is 11.1. The highest BCUT2D eigenvalue weighted by molar-refractivity contribution is 9.10. The summed E-state index contributed by atoms with van der Waals surface area (Å²) >= 11 is 3.27. The fraction of sp³-hybridized carbons (Fsp3) is 0.167. The van der Waals surface area contributed by atoms with Gasteiger partial charge in [-0.1, -0.05) is 24.3 Å². The quantitative estimate of drug-likeness (QED) is 0.315. The zero-order chi connectivity index (χ0) is 22.0. The SMILES string of the molecule is CC(C)OC(=O)c1ccc(COc2c(-c3ccc(Br)o3)oc3ccccc3c2=O)cc1. The second-order valence-corrected chi connectivity index (χ2v) is 7.91. The number of halogens is 1. The molecule has 2 heterocycles. The van der Waals surface area contributed by atoms with Crippen molar-refractivity contribution < 1.29 is 23.1 Å². The number of fused-ring (bicyclic) bond motifs is 1. The van der Waals surface area contributed by atoms with Gasteiger partial charge in [-0.25, -0.2) is 4.79 Å². The molecule has 2 aromatic carbocycles. The smallest absolute Gasteiger partial charge is 0.338 e. The van der Waals surface area contributed by atoms with Crippen LogP contribution in [0.15, 0.2) is 79.0 Å². The number of esters is 1. The standard InChI is InChI=1S/C24H19BrO6/c1-14(2)29-24(27)16-9-7-15(8-10-16)13-28-23-21(26)17-5-3-4-6-18(17)31-22(23)19-11-12-20(25)30-19/h3-12,14H,13H2,1-2H3. The molecule has 0 saturated heterocycles. The third-order valence-electron chi connectivity index (χ3n) is 4.47. The lowest BCUT2D eigenvalue weighted by atomic mass is 10.1. The van der Waals surface area contributed by atoms with E-state index in [0.717, 1.165) is 5.56 Å². The van der Waals surface area contributed by atoms with Crippen LogP contribution in [0, 0.1) is 0 Å². The Hall–Kier alpha value is -3.32. The van der Waals surface area contributed by atoms with E-state index in [1.54, 1.807) is 74.5 Å². The van der Waals surface area contributed by atoms with E-state index in [4.69, 9.17) is 18.3 Å².